The minimum atomic E-state index is -0.367. The number of halogens is 1. The summed E-state index contributed by atoms with van der Waals surface area (Å²) in [4.78, 5) is 28.9. The van der Waals surface area contributed by atoms with Crippen molar-refractivity contribution in [3.8, 4) is 0 Å². The number of hydrogen-bond acceptors (Lipinski definition) is 5. The van der Waals surface area contributed by atoms with E-state index in [0.29, 0.717) is 24.5 Å². The van der Waals surface area contributed by atoms with Crippen LogP contribution in [0.25, 0.3) is 0 Å². The fraction of sp³-hybridized carbons (Fsp3) is 0.391. The van der Waals surface area contributed by atoms with Crippen LogP contribution in [0.1, 0.15) is 40.7 Å². The number of carbonyl (C=O) groups is 2. The zero-order valence-corrected chi connectivity index (χ0v) is 18.4. The number of aryl methyl sites for hydroxylation is 1. The minimum Gasteiger partial charge on any atom is -0.461 e. The molecular weight excluding hydrogens is 403 g/mol. The molecular formula is C23H27FN2O3S. The Morgan fingerprint density at radius 2 is 1.90 bits per heavy atom. The Balaban J connectivity index is 1.74. The molecule has 1 saturated heterocycles. The highest BCUT2D eigenvalue weighted by Crippen LogP contribution is 2.42. The monoisotopic (exact) mass is 430 g/mol. The molecule has 0 N–H and O–H groups in total. The van der Waals surface area contributed by atoms with Crippen molar-refractivity contribution in [1.82, 2.24) is 4.90 Å². The topological polar surface area (TPSA) is 49.9 Å². The van der Waals surface area contributed by atoms with Crippen molar-refractivity contribution < 1.29 is 18.7 Å². The molecule has 0 saturated carbocycles. The largest absolute Gasteiger partial charge is 0.461 e. The first-order chi connectivity index (χ1) is 14.4. The number of carbonyl (C=O) groups excluding carboxylic acids is 2. The summed E-state index contributed by atoms with van der Waals surface area (Å²) in [5, 5.41) is -0.219. The second kappa shape index (κ2) is 10.1. The molecule has 1 heterocycles. The van der Waals surface area contributed by atoms with E-state index in [4.69, 9.17) is 4.74 Å². The van der Waals surface area contributed by atoms with Crippen LogP contribution in [-0.4, -0.2) is 48.8 Å². The molecule has 1 fully saturated rings. The molecule has 0 aromatic heterocycles. The molecule has 1 unspecified atom stereocenters. The normalized spacial score (nSPS) is 16.4. The number of rotatable bonds is 8. The van der Waals surface area contributed by atoms with Crippen LogP contribution in [-0.2, 0) is 9.53 Å². The van der Waals surface area contributed by atoms with Crippen LogP contribution in [0.3, 0.4) is 0 Å². The van der Waals surface area contributed by atoms with Gasteiger partial charge in [-0.2, -0.15) is 0 Å². The van der Waals surface area contributed by atoms with E-state index in [2.05, 4.69) is 18.7 Å². The van der Waals surface area contributed by atoms with Gasteiger partial charge in [-0.3, -0.25) is 9.69 Å². The fourth-order valence-corrected chi connectivity index (χ4v) is 4.67. The van der Waals surface area contributed by atoms with E-state index >= 15 is 0 Å². The van der Waals surface area contributed by atoms with Crippen molar-refractivity contribution in [2.24, 2.45) is 0 Å². The highest BCUT2D eigenvalue weighted by molar-refractivity contribution is 8.00. The summed E-state index contributed by atoms with van der Waals surface area (Å²) in [5.41, 5.74) is 2.90. The minimum absolute atomic E-state index is 0.00743. The van der Waals surface area contributed by atoms with Crippen LogP contribution in [0.5, 0.6) is 0 Å². The summed E-state index contributed by atoms with van der Waals surface area (Å²) in [6.07, 6.45) is 0. The highest BCUT2D eigenvalue weighted by Gasteiger charge is 2.35. The zero-order valence-electron chi connectivity index (χ0n) is 17.6. The molecule has 1 aliphatic rings. The van der Waals surface area contributed by atoms with E-state index in [0.717, 1.165) is 29.9 Å². The number of likely N-dealkylation sites (N-methyl/N-ethyl adjacent to an activating group) is 1. The summed E-state index contributed by atoms with van der Waals surface area (Å²) >= 11 is 1.51. The molecule has 2 aromatic carbocycles. The number of hydrogen-bond donors (Lipinski definition) is 0. The lowest BCUT2D eigenvalue weighted by Crippen LogP contribution is -2.29. The van der Waals surface area contributed by atoms with Gasteiger partial charge in [0.15, 0.2) is 0 Å². The van der Waals surface area contributed by atoms with Crippen LogP contribution >= 0.6 is 11.8 Å². The first-order valence-electron chi connectivity index (χ1n) is 10.1. The highest BCUT2D eigenvalue weighted by atomic mass is 32.2. The molecule has 1 amide bonds. The molecule has 2 aromatic rings. The van der Waals surface area contributed by atoms with Crippen LogP contribution in [0.15, 0.2) is 42.5 Å². The first kappa shape index (κ1) is 22.3. The van der Waals surface area contributed by atoms with Gasteiger partial charge in [-0.15, -0.1) is 11.8 Å². The quantitative estimate of drug-likeness (QED) is 0.581. The maximum Gasteiger partial charge on any atom is 0.338 e. The van der Waals surface area contributed by atoms with Crippen LogP contribution in [0, 0.1) is 12.7 Å². The Hall–Kier alpha value is -2.38. The SMILES string of the molecule is CCN(CC)CCOC(=O)c1ccc(N2C(=O)CSC2c2ccc(F)cc2)c(C)c1. The third-order valence-corrected chi connectivity index (χ3v) is 6.46. The standard InChI is InChI=1S/C23H27FN2O3S/c1-4-25(5-2)12-13-29-23(28)18-8-11-20(16(3)14-18)26-21(27)15-30-22(26)17-6-9-19(24)10-7-17/h6-11,14,22H,4-5,12-13,15H2,1-3H3. The molecule has 0 spiro atoms. The summed E-state index contributed by atoms with van der Waals surface area (Å²) in [5.74, 6) is -0.322. The van der Waals surface area contributed by atoms with Gasteiger partial charge in [-0.05, 0) is 61.5 Å². The second-order valence-electron chi connectivity index (χ2n) is 7.14. The number of benzene rings is 2. The van der Waals surface area contributed by atoms with E-state index in [1.165, 1.54) is 23.9 Å². The van der Waals surface area contributed by atoms with Gasteiger partial charge in [0.2, 0.25) is 5.91 Å². The molecule has 160 valence electrons. The number of amides is 1. The predicted octanol–water partition coefficient (Wildman–Crippen LogP) is 4.41. The van der Waals surface area contributed by atoms with Gasteiger partial charge in [-0.25, -0.2) is 9.18 Å². The van der Waals surface area contributed by atoms with Gasteiger partial charge in [0, 0.05) is 12.2 Å². The summed E-state index contributed by atoms with van der Waals surface area (Å²) in [6.45, 7) is 8.90. The maximum absolute atomic E-state index is 13.3. The summed E-state index contributed by atoms with van der Waals surface area (Å²) < 4.78 is 18.7. The molecule has 1 aliphatic heterocycles. The number of ether oxygens (including phenoxy) is 1. The van der Waals surface area contributed by atoms with Gasteiger partial charge < -0.3 is 9.64 Å². The molecule has 0 radical (unpaired) electrons. The van der Waals surface area contributed by atoms with Gasteiger partial charge in [-0.1, -0.05) is 26.0 Å². The van der Waals surface area contributed by atoms with Gasteiger partial charge >= 0.3 is 5.97 Å². The average Bonchev–Trinajstić information content (AvgIpc) is 3.12. The summed E-state index contributed by atoms with van der Waals surface area (Å²) in [7, 11) is 0. The van der Waals surface area contributed by atoms with E-state index < -0.39 is 0 Å². The van der Waals surface area contributed by atoms with Crippen LogP contribution < -0.4 is 4.90 Å². The first-order valence-corrected chi connectivity index (χ1v) is 11.2. The number of nitrogens with zero attached hydrogens (tertiary/aromatic N) is 2. The van der Waals surface area contributed by atoms with Gasteiger partial charge in [0.05, 0.1) is 11.3 Å². The van der Waals surface area contributed by atoms with E-state index in [1.54, 1.807) is 35.2 Å². The fourth-order valence-electron chi connectivity index (χ4n) is 3.50. The number of anilines is 1. The lowest BCUT2D eigenvalue weighted by atomic mass is 10.1. The molecule has 0 aliphatic carbocycles. The lowest BCUT2D eigenvalue weighted by molar-refractivity contribution is -0.115. The van der Waals surface area contributed by atoms with Crippen molar-refractivity contribution >= 4 is 29.3 Å². The zero-order chi connectivity index (χ0) is 21.7. The predicted molar refractivity (Wildman–Crippen MR) is 118 cm³/mol. The Bertz CT molecular complexity index is 900. The van der Waals surface area contributed by atoms with Crippen molar-refractivity contribution in [2.75, 3.05) is 36.9 Å². The third-order valence-electron chi connectivity index (χ3n) is 5.25. The Kier molecular flexibility index (Phi) is 7.50. The van der Waals surface area contributed by atoms with Crippen LogP contribution in [0.2, 0.25) is 0 Å². The van der Waals surface area contributed by atoms with E-state index in [1.807, 2.05) is 6.92 Å². The average molecular weight is 431 g/mol. The number of thioether (sulfide) groups is 1. The molecule has 5 nitrogen and oxygen atoms in total. The Labute approximate surface area is 181 Å². The summed E-state index contributed by atoms with van der Waals surface area (Å²) in [6, 6.07) is 11.5. The lowest BCUT2D eigenvalue weighted by Gasteiger charge is -2.26. The Morgan fingerprint density at radius 3 is 2.53 bits per heavy atom. The second-order valence-corrected chi connectivity index (χ2v) is 8.21. The van der Waals surface area contributed by atoms with Crippen molar-refractivity contribution in [3.05, 3.63) is 65.0 Å². The Morgan fingerprint density at radius 1 is 1.20 bits per heavy atom. The van der Waals surface area contributed by atoms with E-state index in [-0.39, 0.29) is 23.1 Å². The smallest absolute Gasteiger partial charge is 0.338 e. The van der Waals surface area contributed by atoms with Gasteiger partial charge in [0.1, 0.15) is 17.8 Å². The number of esters is 1. The maximum atomic E-state index is 13.3. The van der Waals surface area contributed by atoms with Crippen LogP contribution in [0.4, 0.5) is 10.1 Å². The third kappa shape index (κ3) is 5.02. The van der Waals surface area contributed by atoms with Crippen molar-refractivity contribution in [3.63, 3.8) is 0 Å². The molecule has 0 bridgehead atoms. The van der Waals surface area contributed by atoms with Crippen molar-refractivity contribution in [1.29, 1.82) is 0 Å². The van der Waals surface area contributed by atoms with E-state index in [9.17, 15) is 14.0 Å². The molecule has 3 rings (SSSR count). The van der Waals surface area contributed by atoms with Gasteiger partial charge in [0.25, 0.3) is 0 Å². The molecule has 7 heteroatoms. The molecule has 1 atom stereocenters. The molecule has 30 heavy (non-hydrogen) atoms. The van der Waals surface area contributed by atoms with Crippen molar-refractivity contribution in [2.45, 2.75) is 26.1 Å².